The summed E-state index contributed by atoms with van der Waals surface area (Å²) in [6.07, 6.45) is 3.79. The highest BCUT2D eigenvalue weighted by Gasteiger charge is 2.23. The SMILES string of the molecule is O=C(O)c1cnc(OCC2CC2)c2ccccc12. The maximum atomic E-state index is 11.1. The van der Waals surface area contributed by atoms with E-state index < -0.39 is 5.97 Å². The van der Waals surface area contributed by atoms with E-state index in [0.717, 1.165) is 5.39 Å². The zero-order chi connectivity index (χ0) is 12.5. The minimum absolute atomic E-state index is 0.212. The van der Waals surface area contributed by atoms with Gasteiger partial charge in [-0.1, -0.05) is 18.2 Å². The van der Waals surface area contributed by atoms with Gasteiger partial charge in [-0.15, -0.1) is 0 Å². The molecule has 0 bridgehead atoms. The molecule has 4 nitrogen and oxygen atoms in total. The quantitative estimate of drug-likeness (QED) is 0.896. The Kier molecular flexibility index (Phi) is 2.63. The van der Waals surface area contributed by atoms with Gasteiger partial charge in [0.2, 0.25) is 5.88 Å². The van der Waals surface area contributed by atoms with Gasteiger partial charge in [0.25, 0.3) is 0 Å². The molecule has 0 amide bonds. The summed E-state index contributed by atoms with van der Waals surface area (Å²) in [5, 5.41) is 10.6. The first-order valence-electron chi connectivity index (χ1n) is 5.99. The first kappa shape index (κ1) is 11.0. The largest absolute Gasteiger partial charge is 0.478 e. The molecule has 1 aromatic carbocycles. The van der Waals surface area contributed by atoms with E-state index in [-0.39, 0.29) is 5.56 Å². The van der Waals surface area contributed by atoms with E-state index in [1.54, 1.807) is 6.07 Å². The second kappa shape index (κ2) is 4.29. The lowest BCUT2D eigenvalue weighted by molar-refractivity contribution is 0.0698. The summed E-state index contributed by atoms with van der Waals surface area (Å²) in [7, 11) is 0. The highest BCUT2D eigenvalue weighted by atomic mass is 16.5. The molecule has 0 unspecified atom stereocenters. The minimum atomic E-state index is -0.965. The topological polar surface area (TPSA) is 59.4 Å². The van der Waals surface area contributed by atoms with Crippen LogP contribution < -0.4 is 4.74 Å². The maximum absolute atomic E-state index is 11.1. The van der Waals surface area contributed by atoms with Crippen molar-refractivity contribution in [1.29, 1.82) is 0 Å². The van der Waals surface area contributed by atoms with E-state index >= 15 is 0 Å². The number of aromatic carboxylic acids is 1. The number of fused-ring (bicyclic) bond motifs is 1. The van der Waals surface area contributed by atoms with Gasteiger partial charge in [0, 0.05) is 17.0 Å². The summed E-state index contributed by atoms with van der Waals surface area (Å²) in [5.74, 6) is 0.208. The van der Waals surface area contributed by atoms with Crippen molar-refractivity contribution in [3.8, 4) is 5.88 Å². The lowest BCUT2D eigenvalue weighted by atomic mass is 10.1. The van der Waals surface area contributed by atoms with Crippen molar-refractivity contribution in [3.63, 3.8) is 0 Å². The number of aromatic nitrogens is 1. The fraction of sp³-hybridized carbons (Fsp3) is 0.286. The maximum Gasteiger partial charge on any atom is 0.337 e. The van der Waals surface area contributed by atoms with Gasteiger partial charge < -0.3 is 9.84 Å². The summed E-state index contributed by atoms with van der Waals surface area (Å²) < 4.78 is 5.67. The number of carboxylic acids is 1. The molecule has 0 radical (unpaired) electrons. The summed E-state index contributed by atoms with van der Waals surface area (Å²) in [4.78, 5) is 15.2. The average molecular weight is 243 g/mol. The zero-order valence-electron chi connectivity index (χ0n) is 9.80. The van der Waals surface area contributed by atoms with Crippen molar-refractivity contribution >= 4 is 16.7 Å². The van der Waals surface area contributed by atoms with Crippen LogP contribution in [0.15, 0.2) is 30.5 Å². The van der Waals surface area contributed by atoms with Gasteiger partial charge in [-0.25, -0.2) is 9.78 Å². The molecule has 1 aromatic heterocycles. The van der Waals surface area contributed by atoms with E-state index in [1.165, 1.54) is 19.0 Å². The standard InChI is InChI=1S/C14H13NO3/c16-14(17)12-7-15-13(18-8-9-5-6-9)11-4-2-1-3-10(11)12/h1-4,7,9H,5-6,8H2,(H,16,17). The molecular formula is C14H13NO3. The van der Waals surface area contributed by atoms with Crippen molar-refractivity contribution in [2.75, 3.05) is 6.61 Å². The van der Waals surface area contributed by atoms with Gasteiger partial charge in [0.05, 0.1) is 12.2 Å². The Hall–Kier alpha value is -2.10. The Bertz CT molecular complexity index is 605. The van der Waals surface area contributed by atoms with Gasteiger partial charge in [0.1, 0.15) is 0 Å². The van der Waals surface area contributed by atoms with Crippen LogP contribution in [-0.4, -0.2) is 22.7 Å². The Morgan fingerprint density at radius 3 is 2.72 bits per heavy atom. The van der Waals surface area contributed by atoms with Gasteiger partial charge in [0.15, 0.2) is 0 Å². The number of hydrogen-bond donors (Lipinski definition) is 1. The van der Waals surface area contributed by atoms with Crippen molar-refractivity contribution in [3.05, 3.63) is 36.0 Å². The highest BCUT2D eigenvalue weighted by Crippen LogP contribution is 2.31. The van der Waals surface area contributed by atoms with Gasteiger partial charge in [-0.2, -0.15) is 0 Å². The van der Waals surface area contributed by atoms with Crippen LogP contribution in [0, 0.1) is 5.92 Å². The smallest absolute Gasteiger partial charge is 0.337 e. The number of pyridine rings is 1. The predicted octanol–water partition coefficient (Wildman–Crippen LogP) is 2.72. The number of ether oxygens (including phenoxy) is 1. The molecule has 92 valence electrons. The number of carbonyl (C=O) groups is 1. The predicted molar refractivity (Wildman–Crippen MR) is 66.9 cm³/mol. The first-order chi connectivity index (χ1) is 8.75. The van der Waals surface area contributed by atoms with Crippen LogP contribution in [0.1, 0.15) is 23.2 Å². The van der Waals surface area contributed by atoms with E-state index in [2.05, 4.69) is 4.98 Å². The van der Waals surface area contributed by atoms with Gasteiger partial charge >= 0.3 is 5.97 Å². The average Bonchev–Trinajstić information content (AvgIpc) is 3.19. The Morgan fingerprint density at radius 1 is 1.33 bits per heavy atom. The van der Waals surface area contributed by atoms with Crippen LogP contribution in [0.2, 0.25) is 0 Å². The lowest BCUT2D eigenvalue weighted by Gasteiger charge is -2.09. The first-order valence-corrected chi connectivity index (χ1v) is 5.99. The number of nitrogens with zero attached hydrogens (tertiary/aromatic N) is 1. The molecule has 0 spiro atoms. The van der Waals surface area contributed by atoms with Crippen molar-refractivity contribution in [2.45, 2.75) is 12.8 Å². The second-order valence-electron chi connectivity index (χ2n) is 4.58. The van der Waals surface area contributed by atoms with E-state index in [4.69, 9.17) is 9.84 Å². The molecule has 1 aliphatic rings. The molecule has 0 saturated heterocycles. The Morgan fingerprint density at radius 2 is 2.06 bits per heavy atom. The van der Waals surface area contributed by atoms with Gasteiger partial charge in [-0.05, 0) is 24.8 Å². The number of benzene rings is 1. The molecule has 4 heteroatoms. The van der Waals surface area contributed by atoms with E-state index in [9.17, 15) is 4.79 Å². The van der Waals surface area contributed by atoms with Crippen molar-refractivity contribution in [1.82, 2.24) is 4.98 Å². The van der Waals surface area contributed by atoms with Crippen molar-refractivity contribution in [2.24, 2.45) is 5.92 Å². The van der Waals surface area contributed by atoms with Gasteiger partial charge in [-0.3, -0.25) is 0 Å². The molecule has 2 aromatic rings. The second-order valence-corrected chi connectivity index (χ2v) is 4.58. The third-order valence-corrected chi connectivity index (χ3v) is 3.14. The monoisotopic (exact) mass is 243 g/mol. The summed E-state index contributed by atoms with van der Waals surface area (Å²) in [6, 6.07) is 7.31. The fourth-order valence-electron chi connectivity index (χ4n) is 1.93. The molecule has 3 rings (SSSR count). The number of rotatable bonds is 4. The summed E-state index contributed by atoms with van der Waals surface area (Å²) in [5.41, 5.74) is 0.212. The van der Waals surface area contributed by atoms with Crippen LogP contribution >= 0.6 is 0 Å². The zero-order valence-corrected chi connectivity index (χ0v) is 9.80. The summed E-state index contributed by atoms with van der Waals surface area (Å²) >= 11 is 0. The molecule has 0 atom stereocenters. The molecule has 18 heavy (non-hydrogen) atoms. The molecule has 1 aliphatic carbocycles. The van der Waals surface area contributed by atoms with E-state index in [0.29, 0.717) is 23.8 Å². The Balaban J connectivity index is 2.04. The molecule has 1 heterocycles. The number of carboxylic acid groups (broad SMARTS) is 1. The van der Waals surface area contributed by atoms with E-state index in [1.807, 2.05) is 18.2 Å². The van der Waals surface area contributed by atoms with Crippen LogP contribution in [0.4, 0.5) is 0 Å². The lowest BCUT2D eigenvalue weighted by Crippen LogP contribution is -2.04. The fourth-order valence-corrected chi connectivity index (χ4v) is 1.93. The third-order valence-electron chi connectivity index (χ3n) is 3.14. The molecular weight excluding hydrogens is 230 g/mol. The summed E-state index contributed by atoms with van der Waals surface area (Å²) in [6.45, 7) is 0.670. The van der Waals surface area contributed by atoms with Crippen LogP contribution in [0.25, 0.3) is 10.8 Å². The normalized spacial score (nSPS) is 14.7. The van der Waals surface area contributed by atoms with Crippen LogP contribution in [0.3, 0.4) is 0 Å². The third kappa shape index (κ3) is 2.01. The highest BCUT2D eigenvalue weighted by molar-refractivity contribution is 6.04. The minimum Gasteiger partial charge on any atom is -0.478 e. The van der Waals surface area contributed by atoms with Crippen LogP contribution in [0.5, 0.6) is 5.88 Å². The Labute approximate surface area is 104 Å². The van der Waals surface area contributed by atoms with Crippen molar-refractivity contribution < 1.29 is 14.6 Å². The molecule has 0 aliphatic heterocycles. The molecule has 1 N–H and O–H groups in total. The molecule has 1 saturated carbocycles. The number of hydrogen-bond acceptors (Lipinski definition) is 3. The molecule has 1 fully saturated rings. The van der Waals surface area contributed by atoms with Crippen LogP contribution in [-0.2, 0) is 0 Å².